The second kappa shape index (κ2) is 8.17. The monoisotopic (exact) mass is 421 g/mol. The standard InChI is InChI=1S/C22H23N5O4/c1-13-11-14(2)27(25-13)22-24-18-6-4-5-17(18)20(29)26(22)12-19(28)23-16-9-7-15(8-10-16)21(30)31-3/h7-11H,4-6,12H2,1-3H3,(H,23,28). The zero-order valence-electron chi connectivity index (χ0n) is 17.6. The van der Waals surface area contributed by atoms with Crippen LogP contribution in [0.1, 0.15) is 39.4 Å². The summed E-state index contributed by atoms with van der Waals surface area (Å²) in [6.45, 7) is 3.54. The van der Waals surface area contributed by atoms with E-state index in [1.54, 1.807) is 28.9 Å². The SMILES string of the molecule is COC(=O)c1ccc(NC(=O)Cn2c(-n3nc(C)cc3C)nc3c(c2=O)CCC3)cc1. The van der Waals surface area contributed by atoms with E-state index in [4.69, 9.17) is 4.98 Å². The van der Waals surface area contributed by atoms with Crippen molar-refractivity contribution in [1.82, 2.24) is 19.3 Å². The van der Waals surface area contributed by atoms with Gasteiger partial charge in [-0.2, -0.15) is 5.10 Å². The predicted octanol–water partition coefficient (Wildman–Crippen LogP) is 1.96. The summed E-state index contributed by atoms with van der Waals surface area (Å²) in [4.78, 5) is 42.2. The lowest BCUT2D eigenvalue weighted by Gasteiger charge is -2.15. The van der Waals surface area contributed by atoms with Gasteiger partial charge in [0.2, 0.25) is 11.9 Å². The van der Waals surface area contributed by atoms with E-state index in [1.165, 1.54) is 11.7 Å². The third-order valence-electron chi connectivity index (χ3n) is 5.26. The first kappa shape index (κ1) is 20.5. The van der Waals surface area contributed by atoms with Crippen LogP contribution in [0, 0.1) is 13.8 Å². The number of carbonyl (C=O) groups is 2. The lowest BCUT2D eigenvalue weighted by atomic mass is 10.2. The van der Waals surface area contributed by atoms with Crippen molar-refractivity contribution in [2.75, 3.05) is 12.4 Å². The highest BCUT2D eigenvalue weighted by Crippen LogP contribution is 2.19. The Labute approximate surface area is 178 Å². The van der Waals surface area contributed by atoms with Gasteiger partial charge in [0.05, 0.1) is 24.1 Å². The van der Waals surface area contributed by atoms with Crippen LogP contribution in [0.15, 0.2) is 35.1 Å². The highest BCUT2D eigenvalue weighted by molar-refractivity contribution is 5.93. The van der Waals surface area contributed by atoms with Crippen LogP contribution in [0.25, 0.3) is 5.95 Å². The van der Waals surface area contributed by atoms with Crippen molar-refractivity contribution >= 4 is 17.6 Å². The molecule has 4 rings (SSSR count). The molecule has 2 heterocycles. The van der Waals surface area contributed by atoms with Crippen molar-refractivity contribution in [2.24, 2.45) is 0 Å². The number of fused-ring (bicyclic) bond motifs is 1. The Morgan fingerprint density at radius 2 is 1.90 bits per heavy atom. The molecule has 0 radical (unpaired) electrons. The molecule has 0 saturated heterocycles. The van der Waals surface area contributed by atoms with Crippen molar-refractivity contribution in [1.29, 1.82) is 0 Å². The first-order chi connectivity index (χ1) is 14.9. The number of nitrogens with one attached hydrogen (secondary N) is 1. The molecule has 0 saturated carbocycles. The molecule has 1 amide bonds. The third-order valence-corrected chi connectivity index (χ3v) is 5.26. The first-order valence-electron chi connectivity index (χ1n) is 10.0. The number of aryl methyl sites for hydroxylation is 3. The number of ether oxygens (including phenoxy) is 1. The summed E-state index contributed by atoms with van der Waals surface area (Å²) >= 11 is 0. The molecule has 9 heteroatoms. The fraction of sp³-hybridized carbons (Fsp3) is 0.318. The maximum Gasteiger partial charge on any atom is 0.337 e. The summed E-state index contributed by atoms with van der Waals surface area (Å²) in [6, 6.07) is 8.23. The highest BCUT2D eigenvalue weighted by atomic mass is 16.5. The number of benzene rings is 1. The average Bonchev–Trinajstić information content (AvgIpc) is 3.35. The lowest BCUT2D eigenvalue weighted by molar-refractivity contribution is -0.116. The van der Waals surface area contributed by atoms with Gasteiger partial charge in [0.1, 0.15) is 6.54 Å². The van der Waals surface area contributed by atoms with Gasteiger partial charge in [-0.05, 0) is 63.4 Å². The zero-order chi connectivity index (χ0) is 22.1. The molecular formula is C22H23N5O4. The van der Waals surface area contributed by atoms with Gasteiger partial charge in [0, 0.05) is 16.9 Å². The number of esters is 1. The number of aromatic nitrogens is 4. The molecule has 1 aliphatic carbocycles. The van der Waals surface area contributed by atoms with Crippen LogP contribution >= 0.6 is 0 Å². The van der Waals surface area contributed by atoms with Gasteiger partial charge in [-0.1, -0.05) is 0 Å². The fourth-order valence-corrected chi connectivity index (χ4v) is 3.80. The van der Waals surface area contributed by atoms with E-state index in [-0.39, 0.29) is 18.0 Å². The van der Waals surface area contributed by atoms with Gasteiger partial charge in [-0.25, -0.2) is 14.5 Å². The van der Waals surface area contributed by atoms with Crippen LogP contribution in [0.3, 0.4) is 0 Å². The second-order valence-electron chi connectivity index (χ2n) is 7.54. The number of carbonyl (C=O) groups excluding carboxylic acids is 2. The van der Waals surface area contributed by atoms with Crippen molar-refractivity contribution in [3.05, 3.63) is 68.9 Å². The summed E-state index contributed by atoms with van der Waals surface area (Å²) in [5.74, 6) is -0.494. The van der Waals surface area contributed by atoms with E-state index >= 15 is 0 Å². The van der Waals surface area contributed by atoms with Crippen LogP contribution in [0.2, 0.25) is 0 Å². The zero-order valence-corrected chi connectivity index (χ0v) is 17.6. The summed E-state index contributed by atoms with van der Waals surface area (Å²) in [7, 11) is 1.31. The number of nitrogens with zero attached hydrogens (tertiary/aromatic N) is 4. The van der Waals surface area contributed by atoms with Crippen LogP contribution in [-0.4, -0.2) is 38.3 Å². The van der Waals surface area contributed by atoms with E-state index in [0.717, 1.165) is 29.9 Å². The molecule has 1 aromatic carbocycles. The van der Waals surface area contributed by atoms with Gasteiger partial charge in [0.15, 0.2) is 0 Å². The molecule has 9 nitrogen and oxygen atoms in total. The van der Waals surface area contributed by atoms with Gasteiger partial charge in [-0.15, -0.1) is 0 Å². The molecule has 0 aliphatic heterocycles. The summed E-state index contributed by atoms with van der Waals surface area (Å²) in [5.41, 5.74) is 3.76. The minimum atomic E-state index is -0.455. The molecule has 0 fully saturated rings. The lowest BCUT2D eigenvalue weighted by Crippen LogP contribution is -2.34. The number of methoxy groups -OCH3 is 1. The van der Waals surface area contributed by atoms with Gasteiger partial charge in [-0.3, -0.25) is 14.2 Å². The number of rotatable bonds is 5. The minimum absolute atomic E-state index is 0.203. The molecule has 160 valence electrons. The maximum absolute atomic E-state index is 13.2. The summed E-state index contributed by atoms with van der Waals surface area (Å²) < 4.78 is 7.65. The Morgan fingerprint density at radius 1 is 1.16 bits per heavy atom. The van der Waals surface area contributed by atoms with E-state index < -0.39 is 5.97 Å². The Balaban J connectivity index is 1.64. The maximum atomic E-state index is 13.2. The summed E-state index contributed by atoms with van der Waals surface area (Å²) in [6.07, 6.45) is 2.28. The van der Waals surface area contributed by atoms with Crippen molar-refractivity contribution < 1.29 is 14.3 Å². The molecule has 1 aliphatic rings. The Bertz CT molecular complexity index is 1220. The summed E-state index contributed by atoms with van der Waals surface area (Å²) in [5, 5.41) is 7.21. The average molecular weight is 421 g/mol. The van der Waals surface area contributed by atoms with Gasteiger partial charge in [0.25, 0.3) is 5.56 Å². The second-order valence-corrected chi connectivity index (χ2v) is 7.54. The number of anilines is 1. The van der Waals surface area contributed by atoms with Crippen LogP contribution < -0.4 is 10.9 Å². The minimum Gasteiger partial charge on any atom is -0.465 e. The third kappa shape index (κ3) is 3.98. The smallest absolute Gasteiger partial charge is 0.337 e. The number of amides is 1. The van der Waals surface area contributed by atoms with Crippen LogP contribution in [0.5, 0.6) is 0 Å². The van der Waals surface area contributed by atoms with Crippen molar-refractivity contribution in [2.45, 2.75) is 39.7 Å². The molecule has 0 atom stereocenters. The Morgan fingerprint density at radius 3 is 2.55 bits per heavy atom. The normalized spacial score (nSPS) is 12.5. The molecule has 3 aromatic rings. The van der Waals surface area contributed by atoms with Gasteiger partial charge >= 0.3 is 5.97 Å². The van der Waals surface area contributed by atoms with Crippen molar-refractivity contribution in [3.63, 3.8) is 0 Å². The molecular weight excluding hydrogens is 398 g/mol. The number of hydrogen-bond donors (Lipinski definition) is 1. The quantitative estimate of drug-likeness (QED) is 0.631. The predicted molar refractivity (Wildman–Crippen MR) is 114 cm³/mol. The molecule has 2 aromatic heterocycles. The van der Waals surface area contributed by atoms with Crippen LogP contribution in [-0.2, 0) is 28.9 Å². The van der Waals surface area contributed by atoms with Crippen molar-refractivity contribution in [3.8, 4) is 5.95 Å². The molecule has 1 N–H and O–H groups in total. The Hall–Kier alpha value is -3.75. The molecule has 31 heavy (non-hydrogen) atoms. The van der Waals surface area contributed by atoms with E-state index in [9.17, 15) is 14.4 Å². The van der Waals surface area contributed by atoms with E-state index in [1.807, 2.05) is 19.9 Å². The largest absolute Gasteiger partial charge is 0.465 e. The molecule has 0 unspecified atom stereocenters. The van der Waals surface area contributed by atoms with E-state index in [2.05, 4.69) is 15.2 Å². The van der Waals surface area contributed by atoms with E-state index in [0.29, 0.717) is 29.2 Å². The molecule has 0 spiro atoms. The Kier molecular flexibility index (Phi) is 5.41. The number of hydrogen-bond acceptors (Lipinski definition) is 6. The topological polar surface area (TPSA) is 108 Å². The fourth-order valence-electron chi connectivity index (χ4n) is 3.80. The molecule has 0 bridgehead atoms. The van der Waals surface area contributed by atoms with Crippen LogP contribution in [0.4, 0.5) is 5.69 Å². The highest BCUT2D eigenvalue weighted by Gasteiger charge is 2.24. The van der Waals surface area contributed by atoms with Gasteiger partial charge < -0.3 is 10.1 Å². The first-order valence-corrected chi connectivity index (χ1v) is 10.0.